The van der Waals surface area contributed by atoms with Crippen molar-refractivity contribution in [3.05, 3.63) is 84.4 Å². The average molecular weight is 499 g/mol. The van der Waals surface area contributed by atoms with Gasteiger partial charge in [0.05, 0.1) is 17.1 Å². The van der Waals surface area contributed by atoms with Crippen LogP contribution in [0, 0.1) is 0 Å². The minimum atomic E-state index is -0.673. The molecule has 1 aliphatic heterocycles. The zero-order valence-corrected chi connectivity index (χ0v) is 20.9. The van der Waals surface area contributed by atoms with Crippen molar-refractivity contribution in [2.45, 2.75) is 38.0 Å². The predicted octanol–water partition coefficient (Wildman–Crippen LogP) is 5.10. The first-order chi connectivity index (χ1) is 17.6. The first kappa shape index (κ1) is 23.8. The third kappa shape index (κ3) is 4.64. The molecule has 5 rings (SSSR count). The topological polar surface area (TPSA) is 82.3 Å². The summed E-state index contributed by atoms with van der Waals surface area (Å²) in [4.78, 5) is 19.0. The van der Waals surface area contributed by atoms with Crippen LogP contribution in [0.2, 0.25) is 0 Å². The van der Waals surface area contributed by atoms with E-state index in [0.717, 1.165) is 24.2 Å². The quantitative estimate of drug-likeness (QED) is 0.200. The summed E-state index contributed by atoms with van der Waals surface area (Å²) in [5, 5.41) is 18.5. The molecule has 182 valence electrons. The van der Waals surface area contributed by atoms with E-state index < -0.39 is 6.17 Å². The summed E-state index contributed by atoms with van der Waals surface area (Å²) < 4.78 is 7.71. The molecule has 1 aromatic heterocycles. The van der Waals surface area contributed by atoms with Crippen molar-refractivity contribution < 1.29 is 19.3 Å². The van der Waals surface area contributed by atoms with E-state index in [2.05, 4.69) is 11.9 Å². The normalized spacial score (nSPS) is 14.2. The lowest BCUT2D eigenvalue weighted by Crippen LogP contribution is -2.58. The van der Waals surface area contributed by atoms with Gasteiger partial charge in [-0.3, -0.25) is 4.79 Å². The van der Waals surface area contributed by atoms with Gasteiger partial charge in [0.15, 0.2) is 0 Å². The maximum Gasteiger partial charge on any atom is 0.293 e. The number of nitrogens with zero attached hydrogens (tertiary/aromatic N) is 4. The van der Waals surface area contributed by atoms with E-state index in [4.69, 9.17) is 9.84 Å². The molecule has 0 N–H and O–H groups in total. The third-order valence-electron chi connectivity index (χ3n) is 5.92. The van der Waals surface area contributed by atoms with Crippen LogP contribution >= 0.6 is 11.8 Å². The number of thioether (sulfide) groups is 1. The second-order valence-corrected chi connectivity index (χ2v) is 9.52. The summed E-state index contributed by atoms with van der Waals surface area (Å²) in [5.41, 5.74) is 2.41. The van der Waals surface area contributed by atoms with E-state index >= 15 is 0 Å². The van der Waals surface area contributed by atoms with Gasteiger partial charge in [-0.25, -0.2) is 9.88 Å². The maximum absolute atomic E-state index is 13.3. The molecule has 0 aliphatic carbocycles. The van der Waals surface area contributed by atoms with Crippen LogP contribution in [-0.4, -0.2) is 21.7 Å². The monoisotopic (exact) mass is 498 g/mol. The summed E-state index contributed by atoms with van der Waals surface area (Å²) in [6, 6.07) is 24.4. The molecular formula is C28H26N4O3S. The molecule has 0 fully saturated rings. The Balaban J connectivity index is 1.66. The smallest absolute Gasteiger partial charge is 0.293 e. The highest BCUT2D eigenvalue weighted by atomic mass is 32.2. The number of hydrogen-bond acceptors (Lipinski definition) is 6. The number of benzene rings is 3. The van der Waals surface area contributed by atoms with Gasteiger partial charge in [-0.15, -0.1) is 0 Å². The van der Waals surface area contributed by atoms with Crippen LogP contribution in [0.4, 0.5) is 5.69 Å². The molecule has 1 atom stereocenters. The average Bonchev–Trinajstić information content (AvgIpc) is 2.88. The fourth-order valence-corrected chi connectivity index (χ4v) is 5.22. The van der Waals surface area contributed by atoms with Crippen molar-refractivity contribution in [2.24, 2.45) is 0 Å². The molecule has 3 aromatic carbocycles. The Kier molecular flexibility index (Phi) is 6.86. The maximum atomic E-state index is 13.3. The molecule has 0 bridgehead atoms. The van der Waals surface area contributed by atoms with Crippen LogP contribution in [0.1, 0.15) is 38.4 Å². The van der Waals surface area contributed by atoms with E-state index in [1.54, 1.807) is 9.58 Å². The fraction of sp³-hybridized carbons (Fsp3) is 0.214. The summed E-state index contributed by atoms with van der Waals surface area (Å²) in [6.45, 7) is 3.64. The van der Waals surface area contributed by atoms with E-state index in [-0.39, 0.29) is 11.8 Å². The number of anilines is 1. The Morgan fingerprint density at radius 2 is 1.81 bits per heavy atom. The highest BCUT2D eigenvalue weighted by Crippen LogP contribution is 2.41. The van der Waals surface area contributed by atoms with Crippen LogP contribution < -0.4 is 19.4 Å². The Hall–Kier alpha value is -3.91. The Morgan fingerprint density at radius 1 is 1.06 bits per heavy atom. The summed E-state index contributed by atoms with van der Waals surface area (Å²) in [5.74, 6) is 1.62. The highest BCUT2D eigenvalue weighted by Gasteiger charge is 2.44. The highest BCUT2D eigenvalue weighted by molar-refractivity contribution is 7.99. The zero-order valence-electron chi connectivity index (χ0n) is 20.1. The van der Waals surface area contributed by atoms with Gasteiger partial charge in [0.1, 0.15) is 11.5 Å². The summed E-state index contributed by atoms with van der Waals surface area (Å²) in [6.07, 6.45) is 1.36. The van der Waals surface area contributed by atoms with Crippen molar-refractivity contribution >= 4 is 23.4 Å². The number of ether oxygens (including phenoxy) is 1. The molecule has 1 amide bonds. The number of carbonyl (C=O) groups is 1. The molecule has 7 nitrogen and oxygen atoms in total. The molecule has 0 spiro atoms. The molecule has 1 aliphatic rings. The molecule has 1 unspecified atom stereocenters. The van der Waals surface area contributed by atoms with Gasteiger partial charge >= 0.3 is 0 Å². The van der Waals surface area contributed by atoms with E-state index in [1.807, 2.05) is 78.9 Å². The molecule has 36 heavy (non-hydrogen) atoms. The van der Waals surface area contributed by atoms with Gasteiger partial charge in [-0.2, -0.15) is 0 Å². The van der Waals surface area contributed by atoms with E-state index in [0.29, 0.717) is 33.6 Å². The van der Waals surface area contributed by atoms with Gasteiger partial charge in [0.2, 0.25) is 5.91 Å². The standard InChI is InChI=1S/C28H26N4O3S/c1-3-4-17-36-28-29-26(34)25-23-15-8-9-16-24(23)31(19(2)33)27(32(25)30-28)20-11-10-14-22(18-20)35-21-12-6-5-7-13-21/h5-16,18,27H,3-4,17H2,1-2H3. The number of fused-ring (bicyclic) bond motifs is 3. The predicted molar refractivity (Wildman–Crippen MR) is 137 cm³/mol. The lowest BCUT2D eigenvalue weighted by molar-refractivity contribution is -0.764. The van der Waals surface area contributed by atoms with Gasteiger partial charge in [0, 0.05) is 23.3 Å². The first-order valence-electron chi connectivity index (χ1n) is 11.9. The van der Waals surface area contributed by atoms with Gasteiger partial charge in [-0.05, 0) is 48.9 Å². The molecule has 8 heteroatoms. The van der Waals surface area contributed by atoms with Crippen LogP contribution in [0.3, 0.4) is 0 Å². The molecule has 2 heterocycles. The van der Waals surface area contributed by atoms with E-state index in [1.165, 1.54) is 18.7 Å². The van der Waals surface area contributed by atoms with Gasteiger partial charge in [0.25, 0.3) is 17.0 Å². The lowest BCUT2D eigenvalue weighted by atomic mass is 10.0. The van der Waals surface area contributed by atoms with Crippen molar-refractivity contribution in [2.75, 3.05) is 10.7 Å². The number of carbonyl (C=O) groups excluding carboxylic acids is 1. The minimum absolute atomic E-state index is 0.161. The molecule has 0 saturated carbocycles. The van der Waals surface area contributed by atoms with Crippen LogP contribution in [-0.2, 0) is 4.79 Å². The summed E-state index contributed by atoms with van der Waals surface area (Å²) >= 11 is 1.45. The number of hydrogen-bond donors (Lipinski definition) is 0. The number of para-hydroxylation sites is 2. The lowest BCUT2D eigenvalue weighted by Gasteiger charge is -2.33. The van der Waals surface area contributed by atoms with Crippen LogP contribution in [0.15, 0.2) is 84.0 Å². The van der Waals surface area contributed by atoms with Crippen molar-refractivity contribution in [3.63, 3.8) is 0 Å². The molecule has 4 aromatic rings. The molecule has 0 radical (unpaired) electrons. The fourth-order valence-electron chi connectivity index (χ4n) is 4.31. The SMILES string of the molecule is CCCCSc1nc([O-])c2[n+](n1)C(c1cccc(Oc3ccccc3)c1)N(C(C)=O)c1ccccc1-2. The van der Waals surface area contributed by atoms with Gasteiger partial charge < -0.3 is 9.84 Å². The second-order valence-electron chi connectivity index (χ2n) is 8.46. The molecule has 0 saturated heterocycles. The van der Waals surface area contributed by atoms with Crippen molar-refractivity contribution in [1.29, 1.82) is 0 Å². The Morgan fingerprint density at radius 3 is 2.58 bits per heavy atom. The van der Waals surface area contributed by atoms with E-state index in [9.17, 15) is 9.90 Å². The molecular weight excluding hydrogens is 472 g/mol. The summed E-state index contributed by atoms with van der Waals surface area (Å²) in [7, 11) is 0. The Bertz CT molecular complexity index is 1400. The largest absolute Gasteiger partial charge is 0.854 e. The number of rotatable bonds is 7. The van der Waals surface area contributed by atoms with Crippen LogP contribution in [0.5, 0.6) is 17.4 Å². The second kappa shape index (κ2) is 10.4. The number of amides is 1. The minimum Gasteiger partial charge on any atom is -0.854 e. The zero-order chi connectivity index (χ0) is 25.1. The Labute approximate surface area is 214 Å². The van der Waals surface area contributed by atoms with Crippen molar-refractivity contribution in [1.82, 2.24) is 10.1 Å². The first-order valence-corrected chi connectivity index (χ1v) is 12.9. The van der Waals surface area contributed by atoms with Gasteiger partial charge in [-0.1, -0.05) is 66.2 Å². The number of unbranched alkanes of at least 4 members (excludes halogenated alkanes) is 1. The number of aromatic nitrogens is 3. The van der Waals surface area contributed by atoms with Crippen molar-refractivity contribution in [3.8, 4) is 28.6 Å². The third-order valence-corrected chi connectivity index (χ3v) is 6.84. The van der Waals surface area contributed by atoms with Crippen LogP contribution in [0.25, 0.3) is 11.3 Å².